The van der Waals surface area contributed by atoms with Crippen LogP contribution in [0.3, 0.4) is 0 Å². The fourth-order valence-electron chi connectivity index (χ4n) is 2.22. The van der Waals surface area contributed by atoms with E-state index in [1.807, 2.05) is 31.2 Å². The maximum absolute atomic E-state index is 7.76. The zero-order valence-electron chi connectivity index (χ0n) is 11.9. The molecule has 0 saturated heterocycles. The Balaban J connectivity index is 2.34. The van der Waals surface area contributed by atoms with Crippen LogP contribution in [0, 0.1) is 12.3 Å². The van der Waals surface area contributed by atoms with E-state index < -0.39 is 0 Å². The summed E-state index contributed by atoms with van der Waals surface area (Å²) in [7, 11) is 0. The summed E-state index contributed by atoms with van der Waals surface area (Å²) in [6, 6.07) is 10.1. The Bertz CT molecular complexity index is 593. The van der Waals surface area contributed by atoms with Crippen molar-refractivity contribution in [1.29, 1.82) is 5.41 Å². The van der Waals surface area contributed by atoms with Crippen molar-refractivity contribution in [3.8, 4) is 0 Å². The average Bonchev–Trinajstić information content (AvgIpc) is 2.46. The van der Waals surface area contributed by atoms with Crippen LogP contribution in [0.15, 0.2) is 42.7 Å². The van der Waals surface area contributed by atoms with E-state index in [2.05, 4.69) is 22.9 Å². The van der Waals surface area contributed by atoms with Crippen LogP contribution < -0.4 is 10.6 Å². The summed E-state index contributed by atoms with van der Waals surface area (Å²) < 4.78 is 0. The van der Waals surface area contributed by atoms with Crippen molar-refractivity contribution in [2.45, 2.75) is 20.4 Å². The standard InChI is InChI=1S/C16H20N4/c1-3-20(11-13-6-8-19-9-7-13)15-5-4-12(2)10-14(15)16(17)18/h4-10H,3,11H2,1-2H3,(H3,17,18). The molecule has 4 nitrogen and oxygen atoms in total. The number of nitrogen functional groups attached to an aromatic ring is 1. The molecule has 0 atom stereocenters. The van der Waals surface area contributed by atoms with Gasteiger partial charge in [-0.3, -0.25) is 10.4 Å². The largest absolute Gasteiger partial charge is 0.384 e. The Morgan fingerprint density at radius 1 is 1.25 bits per heavy atom. The Hall–Kier alpha value is -2.36. The van der Waals surface area contributed by atoms with Crippen molar-refractivity contribution in [2.75, 3.05) is 11.4 Å². The first-order valence-corrected chi connectivity index (χ1v) is 6.70. The lowest BCUT2D eigenvalue weighted by Gasteiger charge is -2.26. The molecule has 0 aliphatic rings. The van der Waals surface area contributed by atoms with Gasteiger partial charge in [-0.15, -0.1) is 0 Å². The van der Waals surface area contributed by atoms with Crippen molar-refractivity contribution in [3.05, 3.63) is 59.4 Å². The SMILES string of the molecule is CCN(Cc1ccncc1)c1ccc(C)cc1C(=N)N. The van der Waals surface area contributed by atoms with E-state index in [0.717, 1.165) is 29.9 Å². The normalized spacial score (nSPS) is 10.3. The van der Waals surface area contributed by atoms with Crippen molar-refractivity contribution < 1.29 is 0 Å². The summed E-state index contributed by atoms with van der Waals surface area (Å²) >= 11 is 0. The van der Waals surface area contributed by atoms with E-state index in [1.165, 1.54) is 5.56 Å². The number of rotatable bonds is 5. The highest BCUT2D eigenvalue weighted by molar-refractivity contribution is 6.00. The summed E-state index contributed by atoms with van der Waals surface area (Å²) in [5.41, 5.74) is 9.81. The second-order valence-corrected chi connectivity index (χ2v) is 4.80. The van der Waals surface area contributed by atoms with Gasteiger partial charge in [-0.25, -0.2) is 0 Å². The minimum Gasteiger partial charge on any atom is -0.384 e. The van der Waals surface area contributed by atoms with Gasteiger partial charge in [0.05, 0.1) is 0 Å². The molecule has 4 heteroatoms. The third-order valence-corrected chi connectivity index (χ3v) is 3.29. The summed E-state index contributed by atoms with van der Waals surface area (Å²) in [5, 5.41) is 7.76. The van der Waals surface area contributed by atoms with E-state index >= 15 is 0 Å². The van der Waals surface area contributed by atoms with Crippen molar-refractivity contribution in [1.82, 2.24) is 4.98 Å². The number of benzene rings is 1. The first-order valence-electron chi connectivity index (χ1n) is 6.70. The molecule has 1 aromatic heterocycles. The Labute approximate surface area is 119 Å². The maximum atomic E-state index is 7.76. The number of aryl methyl sites for hydroxylation is 1. The molecule has 0 amide bonds. The second kappa shape index (κ2) is 6.19. The molecule has 0 aliphatic heterocycles. The molecule has 0 bridgehead atoms. The summed E-state index contributed by atoms with van der Waals surface area (Å²) in [5.74, 6) is 0.108. The van der Waals surface area contributed by atoms with Crippen molar-refractivity contribution in [2.24, 2.45) is 5.73 Å². The fourth-order valence-corrected chi connectivity index (χ4v) is 2.22. The Kier molecular flexibility index (Phi) is 4.35. The Morgan fingerprint density at radius 3 is 2.55 bits per heavy atom. The number of nitrogens with one attached hydrogen (secondary N) is 1. The van der Waals surface area contributed by atoms with E-state index in [0.29, 0.717) is 0 Å². The lowest BCUT2D eigenvalue weighted by molar-refractivity contribution is 0.829. The van der Waals surface area contributed by atoms with Gasteiger partial charge in [-0.2, -0.15) is 0 Å². The predicted molar refractivity (Wildman–Crippen MR) is 83.2 cm³/mol. The first kappa shape index (κ1) is 14.1. The second-order valence-electron chi connectivity index (χ2n) is 4.80. The molecule has 3 N–H and O–H groups in total. The van der Waals surface area contributed by atoms with Gasteiger partial charge in [0.2, 0.25) is 0 Å². The van der Waals surface area contributed by atoms with Gasteiger partial charge in [0.15, 0.2) is 0 Å². The highest BCUT2D eigenvalue weighted by Crippen LogP contribution is 2.23. The molecule has 0 fully saturated rings. The number of anilines is 1. The van der Waals surface area contributed by atoms with Crippen LogP contribution in [0.2, 0.25) is 0 Å². The maximum Gasteiger partial charge on any atom is 0.124 e. The van der Waals surface area contributed by atoms with Crippen LogP contribution in [-0.2, 0) is 6.54 Å². The number of amidine groups is 1. The predicted octanol–water partition coefficient (Wildman–Crippen LogP) is 2.70. The van der Waals surface area contributed by atoms with Crippen molar-refractivity contribution in [3.63, 3.8) is 0 Å². The molecular formula is C16H20N4. The van der Waals surface area contributed by atoms with Crippen LogP contribution in [0.4, 0.5) is 5.69 Å². The minimum atomic E-state index is 0.108. The van der Waals surface area contributed by atoms with E-state index in [4.69, 9.17) is 11.1 Å². The molecular weight excluding hydrogens is 248 g/mol. The molecule has 20 heavy (non-hydrogen) atoms. The number of nitrogens with zero attached hydrogens (tertiary/aromatic N) is 2. The summed E-state index contributed by atoms with van der Waals surface area (Å²) in [6.07, 6.45) is 3.59. The number of hydrogen-bond acceptors (Lipinski definition) is 3. The molecule has 1 heterocycles. The number of pyridine rings is 1. The first-order chi connectivity index (χ1) is 9.61. The van der Waals surface area contributed by atoms with Gasteiger partial charge >= 0.3 is 0 Å². The topological polar surface area (TPSA) is 66.0 Å². The average molecular weight is 268 g/mol. The number of nitrogens with two attached hydrogens (primary N) is 1. The van der Waals surface area contributed by atoms with E-state index in [9.17, 15) is 0 Å². The lowest BCUT2D eigenvalue weighted by Crippen LogP contribution is -2.26. The monoisotopic (exact) mass is 268 g/mol. The van der Waals surface area contributed by atoms with Crippen LogP contribution in [-0.4, -0.2) is 17.4 Å². The van der Waals surface area contributed by atoms with Gasteiger partial charge in [0, 0.05) is 36.7 Å². The van der Waals surface area contributed by atoms with Crippen LogP contribution in [0.5, 0.6) is 0 Å². The van der Waals surface area contributed by atoms with Crippen molar-refractivity contribution >= 4 is 11.5 Å². The minimum absolute atomic E-state index is 0.108. The van der Waals surface area contributed by atoms with Crippen LogP contribution in [0.25, 0.3) is 0 Å². The smallest absolute Gasteiger partial charge is 0.124 e. The van der Waals surface area contributed by atoms with Gasteiger partial charge in [-0.1, -0.05) is 11.6 Å². The third-order valence-electron chi connectivity index (χ3n) is 3.29. The van der Waals surface area contributed by atoms with Gasteiger partial charge in [-0.05, 0) is 43.7 Å². The molecule has 0 saturated carbocycles. The molecule has 2 rings (SSSR count). The number of aromatic nitrogens is 1. The van der Waals surface area contributed by atoms with Crippen LogP contribution >= 0.6 is 0 Å². The Morgan fingerprint density at radius 2 is 1.95 bits per heavy atom. The molecule has 0 spiro atoms. The fraction of sp³-hybridized carbons (Fsp3) is 0.250. The summed E-state index contributed by atoms with van der Waals surface area (Å²) in [6.45, 7) is 5.74. The van der Waals surface area contributed by atoms with E-state index in [-0.39, 0.29) is 5.84 Å². The van der Waals surface area contributed by atoms with Gasteiger partial charge in [0.1, 0.15) is 5.84 Å². The molecule has 0 aliphatic carbocycles. The van der Waals surface area contributed by atoms with E-state index in [1.54, 1.807) is 12.4 Å². The lowest BCUT2D eigenvalue weighted by atomic mass is 10.1. The number of hydrogen-bond donors (Lipinski definition) is 2. The molecule has 0 unspecified atom stereocenters. The molecule has 104 valence electrons. The molecule has 0 radical (unpaired) electrons. The van der Waals surface area contributed by atoms with Crippen LogP contribution in [0.1, 0.15) is 23.6 Å². The summed E-state index contributed by atoms with van der Waals surface area (Å²) in [4.78, 5) is 6.25. The molecule has 2 aromatic rings. The zero-order valence-corrected chi connectivity index (χ0v) is 11.9. The highest BCUT2D eigenvalue weighted by atomic mass is 15.1. The highest BCUT2D eigenvalue weighted by Gasteiger charge is 2.12. The molecule has 1 aromatic carbocycles. The third kappa shape index (κ3) is 3.15. The quantitative estimate of drug-likeness (QED) is 0.647. The van der Waals surface area contributed by atoms with Gasteiger partial charge in [0.25, 0.3) is 0 Å². The zero-order chi connectivity index (χ0) is 14.5. The van der Waals surface area contributed by atoms with Gasteiger partial charge < -0.3 is 10.6 Å².